The van der Waals surface area contributed by atoms with E-state index in [0.717, 1.165) is 10.2 Å². The molecule has 3 aromatic rings. The van der Waals surface area contributed by atoms with E-state index in [1.165, 1.54) is 24.3 Å². The molecule has 3 rings (SSSR count). The van der Waals surface area contributed by atoms with E-state index in [1.807, 2.05) is 24.3 Å². The lowest BCUT2D eigenvalue weighted by atomic mass is 10.2. The van der Waals surface area contributed by atoms with Crippen LogP contribution >= 0.6 is 15.9 Å². The molecule has 0 atom stereocenters. The van der Waals surface area contributed by atoms with Crippen molar-refractivity contribution in [3.8, 4) is 0 Å². The molecule has 1 amide bonds. The van der Waals surface area contributed by atoms with E-state index < -0.39 is 0 Å². The largest absolute Gasteiger partial charge is 0.340 e. The molecule has 0 saturated carbocycles. The molecule has 120 valence electrons. The number of carbonyl (C=O) groups is 1. The summed E-state index contributed by atoms with van der Waals surface area (Å²) in [6.07, 6.45) is 1.61. The number of carbonyl (C=O) groups excluding carboxylic acids is 1. The first-order valence-electron chi connectivity index (χ1n) is 7.16. The van der Waals surface area contributed by atoms with Gasteiger partial charge in [0.15, 0.2) is 0 Å². The van der Waals surface area contributed by atoms with Crippen LogP contribution in [0.25, 0.3) is 0 Å². The molecule has 0 aliphatic rings. The van der Waals surface area contributed by atoms with E-state index in [9.17, 15) is 9.18 Å². The first-order chi connectivity index (χ1) is 11.6. The highest BCUT2D eigenvalue weighted by atomic mass is 79.9. The third-order valence-corrected chi connectivity index (χ3v) is 3.74. The van der Waals surface area contributed by atoms with Crippen molar-refractivity contribution in [3.05, 3.63) is 82.7 Å². The van der Waals surface area contributed by atoms with Crippen molar-refractivity contribution < 1.29 is 9.18 Å². The summed E-state index contributed by atoms with van der Waals surface area (Å²) in [5.41, 5.74) is 1.71. The Labute approximate surface area is 146 Å². The zero-order valence-electron chi connectivity index (χ0n) is 12.5. The fourth-order valence-electron chi connectivity index (χ4n) is 2.12. The molecule has 1 heterocycles. The number of amides is 1. The van der Waals surface area contributed by atoms with Crippen LogP contribution in [0.5, 0.6) is 0 Å². The van der Waals surface area contributed by atoms with E-state index in [1.54, 1.807) is 18.3 Å². The number of aromatic nitrogens is 1. The molecule has 4 nitrogen and oxygen atoms in total. The SMILES string of the molecule is O=C(Nc1ccc(F)cc1)c1cccnc1Nc1cccc(Br)c1. The number of hydrogen-bond donors (Lipinski definition) is 2. The van der Waals surface area contributed by atoms with E-state index in [2.05, 4.69) is 31.5 Å². The third kappa shape index (κ3) is 3.97. The van der Waals surface area contributed by atoms with E-state index in [-0.39, 0.29) is 11.7 Å². The molecule has 0 bridgehead atoms. The summed E-state index contributed by atoms with van der Waals surface area (Å²) in [4.78, 5) is 16.7. The highest BCUT2D eigenvalue weighted by Gasteiger charge is 2.13. The summed E-state index contributed by atoms with van der Waals surface area (Å²) in [5.74, 6) is -0.242. The van der Waals surface area contributed by atoms with Crippen LogP contribution in [0, 0.1) is 5.82 Å². The standard InChI is InChI=1S/C18H13BrFN3O/c19-12-3-1-4-15(11-12)22-17-16(5-2-10-21-17)18(24)23-14-8-6-13(20)7-9-14/h1-11H,(H,21,22)(H,23,24). The number of hydrogen-bond acceptors (Lipinski definition) is 3. The molecule has 2 aromatic carbocycles. The highest BCUT2D eigenvalue weighted by molar-refractivity contribution is 9.10. The molecule has 0 unspecified atom stereocenters. The Morgan fingerprint density at radius 3 is 2.54 bits per heavy atom. The van der Waals surface area contributed by atoms with Crippen molar-refractivity contribution >= 4 is 39.0 Å². The van der Waals surface area contributed by atoms with Gasteiger partial charge in [-0.3, -0.25) is 4.79 Å². The third-order valence-electron chi connectivity index (χ3n) is 3.24. The summed E-state index contributed by atoms with van der Waals surface area (Å²) in [7, 11) is 0. The second-order valence-corrected chi connectivity index (χ2v) is 5.91. The molecule has 2 N–H and O–H groups in total. The maximum Gasteiger partial charge on any atom is 0.259 e. The smallest absolute Gasteiger partial charge is 0.259 e. The zero-order valence-corrected chi connectivity index (χ0v) is 14.0. The lowest BCUT2D eigenvalue weighted by Gasteiger charge is -2.11. The summed E-state index contributed by atoms with van der Waals surface area (Å²) in [6.45, 7) is 0. The Morgan fingerprint density at radius 2 is 1.79 bits per heavy atom. The topological polar surface area (TPSA) is 54.0 Å². The van der Waals surface area contributed by atoms with Crippen molar-refractivity contribution in [2.45, 2.75) is 0 Å². The molecule has 0 aliphatic carbocycles. The van der Waals surface area contributed by atoms with Crippen molar-refractivity contribution in [3.63, 3.8) is 0 Å². The van der Waals surface area contributed by atoms with E-state index >= 15 is 0 Å². The Bertz CT molecular complexity index is 868. The van der Waals surface area contributed by atoms with Gasteiger partial charge in [-0.2, -0.15) is 0 Å². The second kappa shape index (κ2) is 7.23. The predicted molar refractivity (Wildman–Crippen MR) is 96.0 cm³/mol. The lowest BCUT2D eigenvalue weighted by Crippen LogP contribution is -2.14. The van der Waals surface area contributed by atoms with Crippen molar-refractivity contribution in [1.29, 1.82) is 0 Å². The van der Waals surface area contributed by atoms with Gasteiger partial charge in [-0.05, 0) is 54.6 Å². The van der Waals surface area contributed by atoms with Crippen LogP contribution in [0.4, 0.5) is 21.6 Å². The van der Waals surface area contributed by atoms with Gasteiger partial charge < -0.3 is 10.6 Å². The average molecular weight is 386 g/mol. The average Bonchev–Trinajstić information content (AvgIpc) is 2.57. The minimum atomic E-state index is -0.355. The molecule has 0 saturated heterocycles. The Kier molecular flexibility index (Phi) is 4.86. The Morgan fingerprint density at radius 1 is 1.00 bits per heavy atom. The molecule has 0 radical (unpaired) electrons. The zero-order chi connectivity index (χ0) is 16.9. The second-order valence-electron chi connectivity index (χ2n) is 5.00. The van der Waals surface area contributed by atoms with Crippen molar-refractivity contribution in [2.24, 2.45) is 0 Å². The Balaban J connectivity index is 1.83. The van der Waals surface area contributed by atoms with E-state index in [4.69, 9.17) is 0 Å². The molecule has 0 spiro atoms. The normalized spacial score (nSPS) is 10.2. The van der Waals surface area contributed by atoms with Gasteiger partial charge in [0.1, 0.15) is 11.6 Å². The molecule has 24 heavy (non-hydrogen) atoms. The van der Waals surface area contributed by atoms with Crippen LogP contribution in [0.2, 0.25) is 0 Å². The number of nitrogens with one attached hydrogen (secondary N) is 2. The van der Waals surface area contributed by atoms with Gasteiger partial charge in [0.25, 0.3) is 5.91 Å². The van der Waals surface area contributed by atoms with Crippen LogP contribution < -0.4 is 10.6 Å². The molecular weight excluding hydrogens is 373 g/mol. The van der Waals surface area contributed by atoms with Gasteiger partial charge in [0.2, 0.25) is 0 Å². The summed E-state index contributed by atoms with van der Waals surface area (Å²) < 4.78 is 13.9. The molecule has 6 heteroatoms. The first-order valence-corrected chi connectivity index (χ1v) is 7.95. The van der Waals surface area contributed by atoms with Crippen LogP contribution in [0.1, 0.15) is 10.4 Å². The van der Waals surface area contributed by atoms with Crippen LogP contribution in [0.3, 0.4) is 0 Å². The fraction of sp³-hybridized carbons (Fsp3) is 0. The molecule has 0 aliphatic heterocycles. The number of halogens is 2. The number of rotatable bonds is 4. The number of nitrogens with zero attached hydrogens (tertiary/aromatic N) is 1. The summed E-state index contributed by atoms with van der Waals surface area (Å²) in [5, 5.41) is 5.86. The number of pyridine rings is 1. The number of benzene rings is 2. The highest BCUT2D eigenvalue weighted by Crippen LogP contribution is 2.22. The Hall–Kier alpha value is -2.73. The number of anilines is 3. The predicted octanol–water partition coefficient (Wildman–Crippen LogP) is 4.98. The maximum atomic E-state index is 12.9. The van der Waals surface area contributed by atoms with Gasteiger partial charge in [-0.15, -0.1) is 0 Å². The first kappa shape index (κ1) is 16.1. The quantitative estimate of drug-likeness (QED) is 0.665. The van der Waals surface area contributed by atoms with Gasteiger partial charge in [-0.1, -0.05) is 22.0 Å². The van der Waals surface area contributed by atoms with Crippen LogP contribution in [-0.4, -0.2) is 10.9 Å². The van der Waals surface area contributed by atoms with Crippen molar-refractivity contribution in [2.75, 3.05) is 10.6 Å². The summed E-state index contributed by atoms with van der Waals surface area (Å²) >= 11 is 3.40. The van der Waals surface area contributed by atoms with Gasteiger partial charge in [-0.25, -0.2) is 9.37 Å². The minimum Gasteiger partial charge on any atom is -0.340 e. The van der Waals surface area contributed by atoms with Crippen LogP contribution in [-0.2, 0) is 0 Å². The molecular formula is C18H13BrFN3O. The summed E-state index contributed by atoms with van der Waals surface area (Å²) in [6, 6.07) is 16.5. The van der Waals surface area contributed by atoms with Crippen molar-refractivity contribution in [1.82, 2.24) is 4.98 Å². The monoisotopic (exact) mass is 385 g/mol. The van der Waals surface area contributed by atoms with Crippen LogP contribution in [0.15, 0.2) is 71.3 Å². The van der Waals surface area contributed by atoms with Gasteiger partial charge in [0.05, 0.1) is 5.56 Å². The molecule has 0 fully saturated rings. The fourth-order valence-corrected chi connectivity index (χ4v) is 2.52. The van der Waals surface area contributed by atoms with E-state index in [0.29, 0.717) is 17.1 Å². The maximum absolute atomic E-state index is 12.9. The molecule has 1 aromatic heterocycles. The lowest BCUT2D eigenvalue weighted by molar-refractivity contribution is 0.102. The van der Waals surface area contributed by atoms with Gasteiger partial charge >= 0.3 is 0 Å². The van der Waals surface area contributed by atoms with Gasteiger partial charge in [0, 0.05) is 22.0 Å². The minimum absolute atomic E-state index is 0.327.